The van der Waals surface area contributed by atoms with E-state index in [9.17, 15) is 0 Å². The van der Waals surface area contributed by atoms with Crippen LogP contribution < -0.4 is 4.90 Å². The maximum atomic E-state index is 8.97. The van der Waals surface area contributed by atoms with Gasteiger partial charge in [-0.15, -0.1) is 0 Å². The second kappa shape index (κ2) is 6.06. The quantitative estimate of drug-likeness (QED) is 0.760. The summed E-state index contributed by atoms with van der Waals surface area (Å²) < 4.78 is 0. The molecule has 0 aliphatic carbocycles. The lowest BCUT2D eigenvalue weighted by atomic mass is 10.1. The summed E-state index contributed by atoms with van der Waals surface area (Å²) in [5.74, 6) is 1.29. The van der Waals surface area contributed by atoms with Gasteiger partial charge in [-0.1, -0.05) is 20.3 Å². The van der Waals surface area contributed by atoms with Crippen molar-refractivity contribution in [2.75, 3.05) is 18.0 Å². The number of hydrogen-bond donors (Lipinski definition) is 0. The van der Waals surface area contributed by atoms with Gasteiger partial charge in [0.05, 0.1) is 0 Å². The second-order valence-electron chi connectivity index (χ2n) is 3.89. The maximum Gasteiger partial charge on any atom is 0.183 e. The highest BCUT2D eigenvalue weighted by molar-refractivity contribution is 5.49. The van der Waals surface area contributed by atoms with E-state index in [1.807, 2.05) is 0 Å². The predicted molar refractivity (Wildman–Crippen MR) is 64.1 cm³/mol. The highest BCUT2D eigenvalue weighted by Gasteiger charge is 2.13. The van der Waals surface area contributed by atoms with Crippen LogP contribution in [0.3, 0.4) is 0 Å². The van der Waals surface area contributed by atoms with Crippen molar-refractivity contribution in [3.05, 3.63) is 18.1 Å². The summed E-state index contributed by atoms with van der Waals surface area (Å²) in [7, 11) is 0. The molecule has 16 heavy (non-hydrogen) atoms. The zero-order valence-corrected chi connectivity index (χ0v) is 10.1. The van der Waals surface area contributed by atoms with Gasteiger partial charge in [0.1, 0.15) is 6.07 Å². The summed E-state index contributed by atoms with van der Waals surface area (Å²) in [6, 6.07) is 2.09. The van der Waals surface area contributed by atoms with Crippen LogP contribution >= 0.6 is 0 Å². The Balaban J connectivity index is 2.91. The van der Waals surface area contributed by atoms with E-state index in [1.54, 1.807) is 12.4 Å². The van der Waals surface area contributed by atoms with Crippen LogP contribution in [0.1, 0.15) is 32.9 Å². The van der Waals surface area contributed by atoms with Crippen LogP contribution in [0.5, 0.6) is 0 Å². The first kappa shape index (κ1) is 12.4. The fourth-order valence-corrected chi connectivity index (χ4v) is 1.51. The number of nitrogens with zero attached hydrogens (tertiary/aromatic N) is 4. The summed E-state index contributed by atoms with van der Waals surface area (Å²) in [6.45, 7) is 8.20. The van der Waals surface area contributed by atoms with E-state index in [2.05, 4.69) is 41.7 Å². The predicted octanol–water partition coefficient (Wildman–Crippen LogP) is 2.22. The minimum absolute atomic E-state index is 0.410. The molecule has 0 saturated carbocycles. The zero-order chi connectivity index (χ0) is 12.0. The molecule has 0 N–H and O–H groups in total. The van der Waals surface area contributed by atoms with E-state index >= 15 is 0 Å². The summed E-state index contributed by atoms with van der Waals surface area (Å²) in [5.41, 5.74) is 0.410. The highest BCUT2D eigenvalue weighted by Crippen LogP contribution is 2.16. The molecule has 0 saturated heterocycles. The van der Waals surface area contributed by atoms with Gasteiger partial charge in [-0.25, -0.2) is 9.97 Å². The fourth-order valence-electron chi connectivity index (χ4n) is 1.51. The number of hydrogen-bond acceptors (Lipinski definition) is 4. The Hall–Kier alpha value is -1.63. The Bertz CT molecular complexity index is 370. The van der Waals surface area contributed by atoms with Gasteiger partial charge in [0, 0.05) is 25.5 Å². The van der Waals surface area contributed by atoms with Crippen LogP contribution in [0.2, 0.25) is 0 Å². The van der Waals surface area contributed by atoms with Crippen molar-refractivity contribution in [3.63, 3.8) is 0 Å². The van der Waals surface area contributed by atoms with E-state index < -0.39 is 0 Å². The molecule has 0 aliphatic rings. The first-order chi connectivity index (χ1) is 7.72. The largest absolute Gasteiger partial charge is 0.354 e. The van der Waals surface area contributed by atoms with E-state index in [0.717, 1.165) is 19.5 Å². The maximum absolute atomic E-state index is 8.97. The lowest BCUT2D eigenvalue weighted by Crippen LogP contribution is -2.29. The molecular formula is C12H18N4. The van der Waals surface area contributed by atoms with Crippen molar-refractivity contribution < 1.29 is 0 Å². The topological polar surface area (TPSA) is 52.8 Å². The van der Waals surface area contributed by atoms with Crippen LogP contribution in [0, 0.1) is 17.2 Å². The SMILES string of the molecule is CCC(C)CN(CC)c1nccnc1C#N. The number of aromatic nitrogens is 2. The lowest BCUT2D eigenvalue weighted by Gasteiger charge is -2.25. The molecule has 1 aromatic heterocycles. The van der Waals surface area contributed by atoms with Crippen LogP contribution in [0.25, 0.3) is 0 Å². The molecule has 0 bridgehead atoms. The van der Waals surface area contributed by atoms with Crippen LogP contribution in [0.15, 0.2) is 12.4 Å². The molecule has 0 amide bonds. The zero-order valence-electron chi connectivity index (χ0n) is 10.1. The van der Waals surface area contributed by atoms with Gasteiger partial charge in [-0.2, -0.15) is 5.26 Å². The smallest absolute Gasteiger partial charge is 0.183 e. The standard InChI is InChI=1S/C12H18N4/c1-4-10(3)9-16(5-2)12-11(8-13)14-6-7-15-12/h6-7,10H,4-5,9H2,1-3H3. The van der Waals surface area contributed by atoms with Gasteiger partial charge in [-0.05, 0) is 12.8 Å². The van der Waals surface area contributed by atoms with Crippen LogP contribution in [-0.4, -0.2) is 23.1 Å². The van der Waals surface area contributed by atoms with E-state index in [1.165, 1.54) is 0 Å². The Morgan fingerprint density at radius 3 is 2.62 bits per heavy atom. The van der Waals surface area contributed by atoms with Crippen LogP contribution in [0.4, 0.5) is 5.82 Å². The summed E-state index contributed by atoms with van der Waals surface area (Å²) in [4.78, 5) is 10.4. The minimum Gasteiger partial charge on any atom is -0.354 e. The monoisotopic (exact) mass is 218 g/mol. The Kier molecular flexibility index (Phi) is 4.71. The number of anilines is 1. The van der Waals surface area contributed by atoms with E-state index in [-0.39, 0.29) is 0 Å². The molecule has 1 rings (SSSR count). The summed E-state index contributed by atoms with van der Waals surface area (Å²) in [6.07, 6.45) is 4.31. The van der Waals surface area contributed by atoms with Gasteiger partial charge < -0.3 is 4.90 Å². The lowest BCUT2D eigenvalue weighted by molar-refractivity contribution is 0.545. The van der Waals surface area contributed by atoms with Crippen molar-refractivity contribution in [2.45, 2.75) is 27.2 Å². The normalized spacial score (nSPS) is 11.9. The van der Waals surface area contributed by atoms with Gasteiger partial charge in [0.25, 0.3) is 0 Å². The van der Waals surface area contributed by atoms with Gasteiger partial charge in [-0.3, -0.25) is 0 Å². The molecule has 0 radical (unpaired) electrons. The van der Waals surface area contributed by atoms with Crippen molar-refractivity contribution in [1.29, 1.82) is 5.26 Å². The average molecular weight is 218 g/mol. The molecule has 4 nitrogen and oxygen atoms in total. The number of rotatable bonds is 5. The minimum atomic E-state index is 0.410. The molecule has 0 aliphatic heterocycles. The highest BCUT2D eigenvalue weighted by atomic mass is 15.2. The average Bonchev–Trinajstić information content (AvgIpc) is 2.35. The fraction of sp³-hybridized carbons (Fsp3) is 0.583. The van der Waals surface area contributed by atoms with Crippen molar-refractivity contribution in [1.82, 2.24) is 9.97 Å². The molecule has 0 spiro atoms. The molecule has 1 unspecified atom stereocenters. The van der Waals surface area contributed by atoms with E-state index in [0.29, 0.717) is 17.4 Å². The van der Waals surface area contributed by atoms with Crippen molar-refractivity contribution in [2.24, 2.45) is 5.92 Å². The Morgan fingerprint density at radius 2 is 2.06 bits per heavy atom. The third kappa shape index (κ3) is 2.93. The molecule has 1 aromatic rings. The molecule has 1 atom stereocenters. The van der Waals surface area contributed by atoms with Gasteiger partial charge in [0.2, 0.25) is 0 Å². The van der Waals surface area contributed by atoms with Gasteiger partial charge >= 0.3 is 0 Å². The molecule has 0 aromatic carbocycles. The Morgan fingerprint density at radius 1 is 1.38 bits per heavy atom. The van der Waals surface area contributed by atoms with Crippen molar-refractivity contribution in [3.8, 4) is 6.07 Å². The third-order valence-corrected chi connectivity index (χ3v) is 2.70. The number of nitriles is 1. The van der Waals surface area contributed by atoms with Crippen molar-refractivity contribution >= 4 is 5.82 Å². The van der Waals surface area contributed by atoms with Crippen LogP contribution in [-0.2, 0) is 0 Å². The Labute approximate surface area is 96.9 Å². The summed E-state index contributed by atoms with van der Waals surface area (Å²) in [5, 5.41) is 8.97. The second-order valence-corrected chi connectivity index (χ2v) is 3.89. The molecule has 0 fully saturated rings. The molecule has 4 heteroatoms. The van der Waals surface area contributed by atoms with Gasteiger partial charge in [0.15, 0.2) is 11.5 Å². The molecule has 86 valence electrons. The molecule has 1 heterocycles. The first-order valence-electron chi connectivity index (χ1n) is 5.68. The first-order valence-corrected chi connectivity index (χ1v) is 5.68. The summed E-state index contributed by atoms with van der Waals surface area (Å²) >= 11 is 0. The molecular weight excluding hydrogens is 200 g/mol. The third-order valence-electron chi connectivity index (χ3n) is 2.70. The van der Waals surface area contributed by atoms with E-state index in [4.69, 9.17) is 5.26 Å².